The monoisotopic (exact) mass is 538 g/mol. The molecule has 1 N–H and O–H groups in total. The molecule has 4 bridgehead atoms. The second-order valence-corrected chi connectivity index (χ2v) is 13.3. The van der Waals surface area contributed by atoms with Crippen LogP contribution in [-0.2, 0) is 14.3 Å². The minimum absolute atomic E-state index is 0.0855. The lowest BCUT2D eigenvalue weighted by Crippen LogP contribution is -2.56. The van der Waals surface area contributed by atoms with Crippen molar-refractivity contribution in [1.82, 2.24) is 4.98 Å². The van der Waals surface area contributed by atoms with Gasteiger partial charge in [-0.25, -0.2) is 4.98 Å². The molecule has 5 nitrogen and oxygen atoms in total. The van der Waals surface area contributed by atoms with Gasteiger partial charge < -0.3 is 10.1 Å². The number of hydrogen-bond donors (Lipinski definition) is 1. The first-order valence-electron chi connectivity index (χ1n) is 11.9. The number of carbonyl (C=O) groups excluding carboxylic acids is 2. The number of aryl methyl sites for hydroxylation is 1. The van der Waals surface area contributed by atoms with Crippen LogP contribution in [0.5, 0.6) is 0 Å². The van der Waals surface area contributed by atoms with Crippen molar-refractivity contribution in [3.8, 4) is 10.6 Å². The molecule has 7 heteroatoms. The average molecular weight is 539 g/mol. The van der Waals surface area contributed by atoms with E-state index in [4.69, 9.17) is 9.72 Å². The van der Waals surface area contributed by atoms with Gasteiger partial charge in [-0.05, 0) is 99.2 Å². The number of alkyl halides is 1. The zero-order valence-electron chi connectivity index (χ0n) is 19.1. The van der Waals surface area contributed by atoms with E-state index in [2.05, 4.69) is 40.3 Å². The summed E-state index contributed by atoms with van der Waals surface area (Å²) >= 11 is 5.59. The second kappa shape index (κ2) is 8.16. The summed E-state index contributed by atoms with van der Waals surface area (Å²) in [4.78, 5) is 30.3. The Bertz CT molecular complexity index is 1270. The van der Waals surface area contributed by atoms with Crippen LogP contribution in [0.15, 0.2) is 42.5 Å². The molecule has 34 heavy (non-hydrogen) atoms. The number of aromatic nitrogens is 1. The predicted molar refractivity (Wildman–Crippen MR) is 138 cm³/mol. The molecule has 2 aromatic carbocycles. The molecule has 4 saturated carbocycles. The highest BCUT2D eigenvalue weighted by molar-refractivity contribution is 9.10. The Morgan fingerprint density at radius 3 is 2.56 bits per heavy atom. The Balaban J connectivity index is 1.07. The van der Waals surface area contributed by atoms with Crippen molar-refractivity contribution in [3.05, 3.63) is 48.0 Å². The quantitative estimate of drug-likeness (QED) is 0.298. The number of nitrogens with zero attached hydrogens (tertiary/aromatic N) is 1. The lowest BCUT2D eigenvalue weighted by atomic mass is 9.49. The number of hydrogen-bond acceptors (Lipinski definition) is 5. The van der Waals surface area contributed by atoms with E-state index in [0.717, 1.165) is 48.2 Å². The lowest BCUT2D eigenvalue weighted by Gasteiger charge is -2.58. The van der Waals surface area contributed by atoms with Gasteiger partial charge in [-0.15, -0.1) is 11.3 Å². The van der Waals surface area contributed by atoms with Gasteiger partial charge in [0.05, 0.1) is 15.6 Å². The molecule has 0 unspecified atom stereocenters. The molecule has 1 amide bonds. The minimum Gasteiger partial charge on any atom is -0.455 e. The fraction of sp³-hybridized carbons (Fsp3) is 0.444. The molecular formula is C27H27BrN2O3S. The Morgan fingerprint density at radius 1 is 1.12 bits per heavy atom. The average Bonchev–Trinajstić information content (AvgIpc) is 3.19. The highest BCUT2D eigenvalue weighted by atomic mass is 79.9. The first kappa shape index (κ1) is 22.2. The third kappa shape index (κ3) is 4.07. The van der Waals surface area contributed by atoms with Crippen molar-refractivity contribution < 1.29 is 14.3 Å². The summed E-state index contributed by atoms with van der Waals surface area (Å²) in [5.74, 6) is 0.691. The van der Waals surface area contributed by atoms with E-state index in [9.17, 15) is 9.59 Å². The molecule has 176 valence electrons. The van der Waals surface area contributed by atoms with Gasteiger partial charge in [-0.2, -0.15) is 0 Å². The maximum Gasteiger partial charge on any atom is 0.312 e. The molecule has 0 spiro atoms. The number of anilines is 1. The van der Waals surface area contributed by atoms with E-state index in [1.54, 1.807) is 11.3 Å². The van der Waals surface area contributed by atoms with Crippen molar-refractivity contribution in [3.63, 3.8) is 0 Å². The number of carbonyl (C=O) groups is 2. The van der Waals surface area contributed by atoms with Crippen molar-refractivity contribution in [2.24, 2.45) is 17.3 Å². The Labute approximate surface area is 211 Å². The summed E-state index contributed by atoms with van der Waals surface area (Å²) in [6.07, 6.45) is 6.20. The van der Waals surface area contributed by atoms with Crippen molar-refractivity contribution in [1.29, 1.82) is 0 Å². The fourth-order valence-corrected chi connectivity index (χ4v) is 9.24. The maximum atomic E-state index is 13.1. The molecule has 2 atom stereocenters. The highest BCUT2D eigenvalue weighted by Crippen LogP contribution is 2.64. The SMILES string of the molecule is Cc1ccc2nc(-c3ccc(NC(=O)COC(=O)C45C[C@@H]6C[C@H](CC(Br)(C6)C4)C5)cc3)sc2c1. The molecule has 4 aliphatic carbocycles. The maximum absolute atomic E-state index is 13.1. The van der Waals surface area contributed by atoms with Crippen molar-refractivity contribution in [2.75, 3.05) is 11.9 Å². The van der Waals surface area contributed by atoms with Gasteiger partial charge in [0.25, 0.3) is 5.91 Å². The first-order valence-corrected chi connectivity index (χ1v) is 13.5. The topological polar surface area (TPSA) is 68.3 Å². The molecule has 4 aliphatic rings. The van der Waals surface area contributed by atoms with Gasteiger partial charge in [0.2, 0.25) is 0 Å². The van der Waals surface area contributed by atoms with Gasteiger partial charge in [-0.3, -0.25) is 9.59 Å². The predicted octanol–water partition coefficient (Wildman–Crippen LogP) is 6.49. The van der Waals surface area contributed by atoms with E-state index in [1.807, 2.05) is 30.3 Å². The largest absolute Gasteiger partial charge is 0.455 e. The van der Waals surface area contributed by atoms with Crippen LogP contribution < -0.4 is 5.32 Å². The molecular weight excluding hydrogens is 512 g/mol. The van der Waals surface area contributed by atoms with Crippen LogP contribution >= 0.6 is 27.3 Å². The van der Waals surface area contributed by atoms with Crippen LogP contribution in [0.3, 0.4) is 0 Å². The molecule has 4 fully saturated rings. The van der Waals surface area contributed by atoms with Crippen LogP contribution in [0.2, 0.25) is 0 Å². The number of fused-ring (bicyclic) bond motifs is 1. The van der Waals surface area contributed by atoms with E-state index >= 15 is 0 Å². The fourth-order valence-electron chi connectivity index (χ4n) is 6.72. The minimum atomic E-state index is -0.411. The van der Waals surface area contributed by atoms with Gasteiger partial charge in [0, 0.05) is 15.6 Å². The molecule has 0 aliphatic heterocycles. The van der Waals surface area contributed by atoms with Crippen molar-refractivity contribution in [2.45, 2.75) is 49.8 Å². The first-order chi connectivity index (χ1) is 16.3. The standard InChI is InChI=1S/C27H27BrN2O3S/c1-16-2-7-21-22(8-16)34-24(30-21)19-3-5-20(6-4-19)29-23(31)14-33-25(32)26-10-17-9-18(11-26)13-27(28,12-17)15-26/h2-8,17-18H,9-15H2,1H3,(H,29,31)/t17-,18-,26?,27?/m0/s1. The van der Waals surface area contributed by atoms with Crippen molar-refractivity contribution >= 4 is 55.0 Å². The second-order valence-electron chi connectivity index (χ2n) is 10.6. The van der Waals surface area contributed by atoms with Gasteiger partial charge in [0.1, 0.15) is 5.01 Å². The molecule has 3 aromatic rings. The van der Waals surface area contributed by atoms with E-state index in [0.29, 0.717) is 17.5 Å². The molecule has 7 rings (SSSR count). The summed E-state index contributed by atoms with van der Waals surface area (Å²) in [5.41, 5.74) is 3.49. The summed E-state index contributed by atoms with van der Waals surface area (Å²) in [6, 6.07) is 13.9. The molecule has 0 radical (unpaired) electrons. The van der Waals surface area contributed by atoms with Crippen LogP contribution in [0, 0.1) is 24.2 Å². The van der Waals surface area contributed by atoms with Crippen LogP contribution in [0.4, 0.5) is 5.69 Å². The number of esters is 1. The number of ether oxygens (including phenoxy) is 1. The Kier molecular flexibility index (Phi) is 5.34. The highest BCUT2D eigenvalue weighted by Gasteiger charge is 2.60. The summed E-state index contributed by atoms with van der Waals surface area (Å²) in [6.45, 7) is 1.83. The zero-order chi connectivity index (χ0) is 23.5. The Morgan fingerprint density at radius 2 is 1.85 bits per heavy atom. The van der Waals surface area contributed by atoms with E-state index < -0.39 is 5.41 Å². The lowest BCUT2D eigenvalue weighted by molar-refractivity contribution is -0.170. The summed E-state index contributed by atoms with van der Waals surface area (Å²) < 4.78 is 6.81. The molecule has 0 saturated heterocycles. The number of benzene rings is 2. The smallest absolute Gasteiger partial charge is 0.312 e. The van der Waals surface area contributed by atoms with Crippen LogP contribution in [0.1, 0.15) is 44.1 Å². The van der Waals surface area contributed by atoms with Gasteiger partial charge in [-0.1, -0.05) is 22.0 Å². The van der Waals surface area contributed by atoms with Gasteiger partial charge >= 0.3 is 5.97 Å². The van der Waals surface area contributed by atoms with Crippen LogP contribution in [0.25, 0.3) is 20.8 Å². The summed E-state index contributed by atoms with van der Waals surface area (Å²) in [5, 5.41) is 3.80. The van der Waals surface area contributed by atoms with E-state index in [-0.39, 0.29) is 22.8 Å². The van der Waals surface area contributed by atoms with Crippen LogP contribution in [-0.4, -0.2) is 27.8 Å². The number of amides is 1. The third-order valence-electron chi connectivity index (χ3n) is 7.72. The number of thiazole rings is 1. The Hall–Kier alpha value is -2.25. The molecule has 1 aromatic heterocycles. The molecule has 1 heterocycles. The number of rotatable bonds is 5. The number of halogens is 1. The van der Waals surface area contributed by atoms with E-state index in [1.165, 1.54) is 16.7 Å². The normalized spacial score (nSPS) is 29.4. The zero-order valence-corrected chi connectivity index (χ0v) is 21.5. The summed E-state index contributed by atoms with van der Waals surface area (Å²) in [7, 11) is 0. The third-order valence-corrected chi connectivity index (χ3v) is 9.71. The number of nitrogens with one attached hydrogen (secondary N) is 1. The van der Waals surface area contributed by atoms with Gasteiger partial charge in [0.15, 0.2) is 6.61 Å².